The van der Waals surface area contributed by atoms with Crippen LogP contribution in [0.1, 0.15) is 92.1 Å². The van der Waals surface area contributed by atoms with Gasteiger partial charge in [0.2, 0.25) is 17.7 Å². The van der Waals surface area contributed by atoms with Crippen molar-refractivity contribution in [3.8, 4) is 0 Å². The Morgan fingerprint density at radius 3 is 2.30 bits per heavy atom. The van der Waals surface area contributed by atoms with E-state index < -0.39 is 35.1 Å². The number of rotatable bonds is 12. The van der Waals surface area contributed by atoms with E-state index >= 15 is 0 Å². The minimum absolute atomic E-state index is 0.152. The van der Waals surface area contributed by atoms with E-state index in [4.69, 9.17) is 4.74 Å². The van der Waals surface area contributed by atoms with Crippen molar-refractivity contribution in [3.63, 3.8) is 0 Å². The number of aryl methyl sites for hydroxylation is 1. The van der Waals surface area contributed by atoms with Crippen molar-refractivity contribution >= 4 is 29.6 Å². The third kappa shape index (κ3) is 10.4. The third-order valence-corrected chi connectivity index (χ3v) is 7.74. The lowest BCUT2D eigenvalue weighted by molar-refractivity contribution is -0.134. The van der Waals surface area contributed by atoms with E-state index in [1.807, 2.05) is 46.7 Å². The molecule has 1 aromatic heterocycles. The number of alkyl carbamates (subject to hydrolysis) is 1. The number of nitrogens with one attached hydrogen (secondary N) is 3. The van der Waals surface area contributed by atoms with E-state index in [-0.39, 0.29) is 11.8 Å². The SMILES string of the molecule is CCC[C@@H](NC(=O)C(C)(C)NC(=O)OC(C)(C)C)C(=O)Nc1cn(CCC(C(=O)N2CCC(C)CC2)c2ccccc2)cn1. The number of likely N-dealkylation sites (tertiary alicyclic amines) is 1. The van der Waals surface area contributed by atoms with Crippen LogP contribution in [-0.4, -0.2) is 68.5 Å². The number of hydrogen-bond donors (Lipinski definition) is 3. The normalized spacial score (nSPS) is 15.7. The minimum atomic E-state index is -1.31. The third-order valence-electron chi connectivity index (χ3n) is 7.74. The molecule has 3 N–H and O–H groups in total. The first-order valence-corrected chi connectivity index (χ1v) is 15.7. The molecular weight excluding hydrogens is 560 g/mol. The van der Waals surface area contributed by atoms with Gasteiger partial charge in [-0.25, -0.2) is 9.78 Å². The molecule has 11 nitrogen and oxygen atoms in total. The van der Waals surface area contributed by atoms with Gasteiger partial charge in [-0.05, 0) is 71.8 Å². The topological polar surface area (TPSA) is 135 Å². The van der Waals surface area contributed by atoms with Crippen LogP contribution in [0.4, 0.5) is 10.6 Å². The van der Waals surface area contributed by atoms with Gasteiger partial charge in [0.15, 0.2) is 5.82 Å². The van der Waals surface area contributed by atoms with Gasteiger partial charge in [-0.2, -0.15) is 0 Å². The maximum absolute atomic E-state index is 13.6. The first kappa shape index (κ1) is 34.6. The van der Waals surface area contributed by atoms with E-state index in [9.17, 15) is 19.2 Å². The Morgan fingerprint density at radius 2 is 1.68 bits per heavy atom. The van der Waals surface area contributed by atoms with Crippen LogP contribution in [0.3, 0.4) is 0 Å². The molecule has 1 fully saturated rings. The summed E-state index contributed by atoms with van der Waals surface area (Å²) in [4.78, 5) is 58.4. The predicted molar refractivity (Wildman–Crippen MR) is 170 cm³/mol. The summed E-state index contributed by atoms with van der Waals surface area (Å²) in [5.74, 6) is -0.0493. The van der Waals surface area contributed by atoms with Crippen molar-refractivity contribution in [1.29, 1.82) is 0 Å². The smallest absolute Gasteiger partial charge is 0.408 e. The number of aromatic nitrogens is 2. The lowest BCUT2D eigenvalue weighted by Gasteiger charge is -2.33. The first-order valence-electron chi connectivity index (χ1n) is 15.7. The summed E-state index contributed by atoms with van der Waals surface area (Å²) in [6.45, 7) is 14.6. The number of piperidine rings is 1. The fraction of sp³-hybridized carbons (Fsp3) is 0.606. The highest BCUT2D eigenvalue weighted by Crippen LogP contribution is 2.26. The molecular formula is C33H50N6O5. The fourth-order valence-electron chi connectivity index (χ4n) is 5.12. The number of imidazole rings is 1. The molecule has 0 radical (unpaired) electrons. The van der Waals surface area contributed by atoms with Gasteiger partial charge in [-0.15, -0.1) is 0 Å². The zero-order chi connectivity index (χ0) is 32.5. The molecule has 1 aliphatic heterocycles. The van der Waals surface area contributed by atoms with Crippen molar-refractivity contribution in [2.75, 3.05) is 18.4 Å². The Kier molecular flexibility index (Phi) is 12.0. The molecule has 3 rings (SSSR count). The number of anilines is 1. The molecule has 0 bridgehead atoms. The van der Waals surface area contributed by atoms with Gasteiger partial charge in [-0.3, -0.25) is 14.4 Å². The van der Waals surface area contributed by atoms with Crippen molar-refractivity contribution < 1.29 is 23.9 Å². The lowest BCUT2D eigenvalue weighted by Crippen LogP contribution is -2.58. The summed E-state index contributed by atoms with van der Waals surface area (Å²) in [6, 6.07) is 9.04. The van der Waals surface area contributed by atoms with Crippen LogP contribution < -0.4 is 16.0 Å². The Labute approximate surface area is 261 Å². The zero-order valence-corrected chi connectivity index (χ0v) is 27.3. The fourth-order valence-corrected chi connectivity index (χ4v) is 5.12. The van der Waals surface area contributed by atoms with Crippen molar-refractivity contribution in [3.05, 3.63) is 48.4 Å². The second-order valence-electron chi connectivity index (χ2n) is 13.3. The Bertz CT molecular complexity index is 1260. The van der Waals surface area contributed by atoms with E-state index in [1.54, 1.807) is 47.1 Å². The van der Waals surface area contributed by atoms with E-state index in [0.29, 0.717) is 37.5 Å². The van der Waals surface area contributed by atoms with Crippen LogP contribution in [0.25, 0.3) is 0 Å². The van der Waals surface area contributed by atoms with E-state index in [2.05, 4.69) is 27.9 Å². The monoisotopic (exact) mass is 610 g/mol. The quantitative estimate of drug-likeness (QED) is 0.315. The standard InChI is InChI=1S/C33H50N6O5/c1-8-12-26(35-30(42)33(6,7)37-31(43)44-32(3,4)5)28(40)36-27-21-38(22-34-27)18-17-25(24-13-10-9-11-14-24)29(41)39-19-15-23(2)16-20-39/h9-11,13-14,21-23,25-26H,8,12,15-20H2,1-7H3,(H,35,42)(H,36,40)(H,37,43)/t25?,26-/m1/s1. The van der Waals surface area contributed by atoms with Crippen molar-refractivity contribution in [2.45, 2.75) is 110 Å². The van der Waals surface area contributed by atoms with Gasteiger partial charge in [0.1, 0.15) is 17.2 Å². The second kappa shape index (κ2) is 15.2. The second-order valence-corrected chi connectivity index (χ2v) is 13.3. The highest BCUT2D eigenvalue weighted by atomic mass is 16.6. The Morgan fingerprint density at radius 1 is 1.02 bits per heavy atom. The van der Waals surface area contributed by atoms with Gasteiger partial charge < -0.3 is 30.2 Å². The van der Waals surface area contributed by atoms with Gasteiger partial charge in [0.05, 0.1) is 12.2 Å². The minimum Gasteiger partial charge on any atom is -0.444 e. The van der Waals surface area contributed by atoms with Gasteiger partial charge in [-0.1, -0.05) is 50.6 Å². The molecule has 1 unspecified atom stereocenters. The summed E-state index contributed by atoms with van der Waals surface area (Å²) in [6.07, 6.45) is 6.32. The maximum atomic E-state index is 13.6. The Balaban J connectivity index is 1.61. The van der Waals surface area contributed by atoms with Crippen LogP contribution in [0, 0.1) is 5.92 Å². The van der Waals surface area contributed by atoms with Gasteiger partial charge >= 0.3 is 6.09 Å². The molecule has 1 aliphatic rings. The predicted octanol–water partition coefficient (Wildman–Crippen LogP) is 4.84. The zero-order valence-electron chi connectivity index (χ0n) is 27.3. The van der Waals surface area contributed by atoms with Crippen LogP contribution in [-0.2, 0) is 25.7 Å². The molecule has 1 saturated heterocycles. The molecule has 2 aromatic rings. The Hall–Kier alpha value is -3.89. The van der Waals surface area contributed by atoms with Crippen LogP contribution in [0.15, 0.2) is 42.9 Å². The summed E-state index contributed by atoms with van der Waals surface area (Å²) in [5.41, 5.74) is -1.03. The molecule has 2 atom stereocenters. The van der Waals surface area contributed by atoms with Gasteiger partial charge in [0.25, 0.3) is 0 Å². The number of carbonyl (C=O) groups excluding carboxylic acids is 4. The summed E-state index contributed by atoms with van der Waals surface area (Å²) in [5, 5.41) is 8.13. The van der Waals surface area contributed by atoms with Crippen LogP contribution in [0.2, 0.25) is 0 Å². The summed E-state index contributed by atoms with van der Waals surface area (Å²) in [7, 11) is 0. The molecule has 44 heavy (non-hydrogen) atoms. The molecule has 242 valence electrons. The number of nitrogens with zero attached hydrogens (tertiary/aromatic N) is 3. The first-order chi connectivity index (χ1) is 20.7. The highest BCUT2D eigenvalue weighted by molar-refractivity contribution is 5.98. The molecule has 2 heterocycles. The molecule has 0 saturated carbocycles. The maximum Gasteiger partial charge on any atom is 0.408 e. The van der Waals surface area contributed by atoms with Crippen LogP contribution in [0.5, 0.6) is 0 Å². The average molecular weight is 611 g/mol. The number of hydrogen-bond acceptors (Lipinski definition) is 6. The largest absolute Gasteiger partial charge is 0.444 e. The molecule has 1 aromatic carbocycles. The summed E-state index contributed by atoms with van der Waals surface area (Å²) < 4.78 is 7.13. The summed E-state index contributed by atoms with van der Waals surface area (Å²) >= 11 is 0. The number of benzene rings is 1. The lowest BCUT2D eigenvalue weighted by atomic mass is 9.92. The number of ether oxygens (including phenoxy) is 1. The highest BCUT2D eigenvalue weighted by Gasteiger charge is 2.34. The van der Waals surface area contributed by atoms with E-state index in [0.717, 1.165) is 31.5 Å². The van der Waals surface area contributed by atoms with Crippen LogP contribution >= 0.6 is 0 Å². The molecule has 4 amide bonds. The average Bonchev–Trinajstić information content (AvgIpc) is 3.39. The van der Waals surface area contributed by atoms with E-state index in [1.165, 1.54) is 0 Å². The van der Waals surface area contributed by atoms with Crippen molar-refractivity contribution in [1.82, 2.24) is 25.1 Å². The molecule has 0 aliphatic carbocycles. The molecule has 11 heteroatoms. The number of amides is 4. The molecule has 0 spiro atoms. The van der Waals surface area contributed by atoms with Gasteiger partial charge in [0, 0.05) is 25.8 Å². The van der Waals surface area contributed by atoms with Crippen molar-refractivity contribution in [2.24, 2.45) is 5.92 Å². The number of carbonyl (C=O) groups is 4.